The molecular formula is C19H21F2NOS. The van der Waals surface area contributed by atoms with Gasteiger partial charge in [0, 0.05) is 16.8 Å². The van der Waals surface area contributed by atoms with Gasteiger partial charge >= 0.3 is 0 Å². The summed E-state index contributed by atoms with van der Waals surface area (Å²) in [6.45, 7) is 6.10. The molecule has 0 atom stereocenters. The fourth-order valence-electron chi connectivity index (χ4n) is 2.35. The van der Waals surface area contributed by atoms with Gasteiger partial charge in [0.15, 0.2) is 0 Å². The van der Waals surface area contributed by atoms with Gasteiger partial charge in [-0.15, -0.1) is 0 Å². The predicted octanol–water partition coefficient (Wildman–Crippen LogP) is 5.97. The first-order valence-corrected chi connectivity index (χ1v) is 8.22. The summed E-state index contributed by atoms with van der Waals surface area (Å²) in [4.78, 5) is 0.660. The molecule has 0 bridgehead atoms. The maximum absolute atomic E-state index is 13.0. The van der Waals surface area contributed by atoms with Gasteiger partial charge in [-0.05, 0) is 44.0 Å². The number of nitrogens with one attached hydrogen (secondary N) is 1. The molecule has 2 aromatic rings. The average molecular weight is 349 g/mol. The molecule has 0 unspecified atom stereocenters. The van der Waals surface area contributed by atoms with Crippen molar-refractivity contribution in [3.8, 4) is 5.75 Å². The van der Waals surface area contributed by atoms with Gasteiger partial charge in [-0.1, -0.05) is 42.9 Å². The van der Waals surface area contributed by atoms with Gasteiger partial charge in [-0.2, -0.15) is 0 Å². The highest BCUT2D eigenvalue weighted by molar-refractivity contribution is 7.80. The molecule has 0 aliphatic carbocycles. The van der Waals surface area contributed by atoms with Gasteiger partial charge < -0.3 is 10.1 Å². The molecular weight excluding hydrogens is 328 g/mol. The minimum Gasteiger partial charge on any atom is -0.489 e. The third kappa shape index (κ3) is 4.74. The van der Waals surface area contributed by atoms with Crippen LogP contribution in [0.3, 0.4) is 0 Å². The summed E-state index contributed by atoms with van der Waals surface area (Å²) in [6, 6.07) is 10.4. The fraction of sp³-hybridized carbons (Fsp3) is 0.316. The number of hydrogen-bond acceptors (Lipinski definition) is 2. The summed E-state index contributed by atoms with van der Waals surface area (Å²) in [7, 11) is 0. The Balaban J connectivity index is 2.24. The number of anilines is 1. The van der Waals surface area contributed by atoms with Crippen molar-refractivity contribution in [2.75, 3.05) is 5.32 Å². The van der Waals surface area contributed by atoms with Crippen molar-refractivity contribution < 1.29 is 13.5 Å². The zero-order valence-corrected chi connectivity index (χ0v) is 14.8. The van der Waals surface area contributed by atoms with Crippen LogP contribution in [0.15, 0.2) is 36.4 Å². The first-order chi connectivity index (χ1) is 11.4. The van der Waals surface area contributed by atoms with Crippen LogP contribution >= 0.6 is 12.2 Å². The third-order valence-electron chi connectivity index (χ3n) is 3.69. The zero-order valence-electron chi connectivity index (χ0n) is 14.0. The quantitative estimate of drug-likeness (QED) is 0.649. The van der Waals surface area contributed by atoms with Gasteiger partial charge in [0.25, 0.3) is 6.43 Å². The lowest BCUT2D eigenvalue weighted by Crippen LogP contribution is -2.11. The van der Waals surface area contributed by atoms with Gasteiger partial charge in [-0.25, -0.2) is 8.78 Å². The van der Waals surface area contributed by atoms with Crippen molar-refractivity contribution in [1.29, 1.82) is 0 Å². The molecule has 0 saturated carbocycles. The molecule has 0 fully saturated rings. The Labute approximate surface area is 146 Å². The summed E-state index contributed by atoms with van der Waals surface area (Å²) in [5.41, 5.74) is 3.50. The molecule has 0 radical (unpaired) electrons. The molecule has 2 nitrogen and oxygen atoms in total. The highest BCUT2D eigenvalue weighted by Crippen LogP contribution is 2.27. The molecule has 24 heavy (non-hydrogen) atoms. The smallest absolute Gasteiger partial charge is 0.263 e. The Morgan fingerprint density at radius 2 is 1.92 bits per heavy atom. The summed E-state index contributed by atoms with van der Waals surface area (Å²) in [5.74, 6) is 0.743. The Morgan fingerprint density at radius 3 is 2.54 bits per heavy atom. The van der Waals surface area contributed by atoms with E-state index >= 15 is 0 Å². The van der Waals surface area contributed by atoms with Crippen LogP contribution in [-0.2, 0) is 6.61 Å². The molecule has 128 valence electrons. The minimum absolute atomic E-state index is 0.0257. The molecule has 0 heterocycles. The highest BCUT2D eigenvalue weighted by atomic mass is 32.1. The second-order valence-electron chi connectivity index (χ2n) is 5.68. The molecule has 0 amide bonds. The molecule has 2 aromatic carbocycles. The Hall–Kier alpha value is -2.01. The maximum Gasteiger partial charge on any atom is 0.263 e. The van der Waals surface area contributed by atoms with E-state index in [2.05, 4.69) is 5.32 Å². The summed E-state index contributed by atoms with van der Waals surface area (Å²) in [6.07, 6.45) is -1.83. The summed E-state index contributed by atoms with van der Waals surface area (Å²) >= 11 is 5.19. The lowest BCUT2D eigenvalue weighted by molar-refractivity contribution is 0.151. The van der Waals surface area contributed by atoms with Gasteiger partial charge in [0.05, 0.1) is 4.99 Å². The van der Waals surface area contributed by atoms with Crippen molar-refractivity contribution in [1.82, 2.24) is 0 Å². The third-order valence-corrected chi connectivity index (χ3v) is 4.08. The fourth-order valence-corrected chi connectivity index (χ4v) is 2.46. The van der Waals surface area contributed by atoms with Gasteiger partial charge in [-0.3, -0.25) is 0 Å². The van der Waals surface area contributed by atoms with E-state index in [1.54, 1.807) is 6.07 Å². The Bertz CT molecular complexity index is 731. The highest BCUT2D eigenvalue weighted by Gasteiger charge is 2.12. The van der Waals surface area contributed by atoms with Crippen molar-refractivity contribution in [3.63, 3.8) is 0 Å². The molecule has 0 aliphatic heterocycles. The number of alkyl halides is 2. The average Bonchev–Trinajstić information content (AvgIpc) is 2.54. The Kier molecular flexibility index (Phi) is 6.26. The van der Waals surface area contributed by atoms with Crippen molar-refractivity contribution in [3.05, 3.63) is 58.7 Å². The van der Waals surface area contributed by atoms with E-state index in [-0.39, 0.29) is 12.2 Å². The van der Waals surface area contributed by atoms with Crippen LogP contribution in [0.1, 0.15) is 42.0 Å². The second-order valence-corrected chi connectivity index (χ2v) is 6.17. The van der Waals surface area contributed by atoms with Crippen molar-refractivity contribution in [2.24, 2.45) is 0 Å². The lowest BCUT2D eigenvalue weighted by Gasteiger charge is -2.16. The zero-order chi connectivity index (χ0) is 17.7. The number of aryl methyl sites for hydroxylation is 2. The topological polar surface area (TPSA) is 21.3 Å². The van der Waals surface area contributed by atoms with E-state index in [1.807, 2.05) is 39.0 Å². The van der Waals surface area contributed by atoms with Crippen molar-refractivity contribution in [2.45, 2.75) is 40.2 Å². The maximum atomic E-state index is 13.0. The van der Waals surface area contributed by atoms with Crippen LogP contribution in [-0.4, -0.2) is 4.99 Å². The van der Waals surface area contributed by atoms with E-state index in [0.717, 1.165) is 16.9 Å². The monoisotopic (exact) mass is 349 g/mol. The van der Waals surface area contributed by atoms with E-state index in [0.29, 0.717) is 22.7 Å². The summed E-state index contributed by atoms with van der Waals surface area (Å²) < 4.78 is 31.8. The molecule has 0 saturated heterocycles. The predicted molar refractivity (Wildman–Crippen MR) is 98.2 cm³/mol. The molecule has 0 aliphatic rings. The summed E-state index contributed by atoms with van der Waals surface area (Å²) in [5, 5.41) is 3.09. The van der Waals surface area contributed by atoms with Crippen LogP contribution in [0.25, 0.3) is 0 Å². The number of thiocarbonyl (C=S) groups is 1. The first kappa shape index (κ1) is 18.3. The second kappa shape index (κ2) is 8.20. The molecule has 2 rings (SSSR count). The largest absolute Gasteiger partial charge is 0.489 e. The van der Waals surface area contributed by atoms with Crippen molar-refractivity contribution >= 4 is 22.9 Å². The van der Waals surface area contributed by atoms with Gasteiger partial charge in [0.1, 0.15) is 12.4 Å². The van der Waals surface area contributed by atoms with Crippen LogP contribution in [0, 0.1) is 13.8 Å². The van der Waals surface area contributed by atoms with Crippen LogP contribution in [0.4, 0.5) is 14.5 Å². The van der Waals surface area contributed by atoms with Crippen LogP contribution in [0.2, 0.25) is 0 Å². The lowest BCUT2D eigenvalue weighted by atomic mass is 10.1. The Morgan fingerprint density at radius 1 is 1.17 bits per heavy atom. The van der Waals surface area contributed by atoms with Gasteiger partial charge in [0.2, 0.25) is 0 Å². The number of rotatable bonds is 6. The van der Waals surface area contributed by atoms with E-state index in [1.165, 1.54) is 12.1 Å². The number of hydrogen-bond donors (Lipinski definition) is 1. The minimum atomic E-state index is -2.52. The van der Waals surface area contributed by atoms with Crippen LogP contribution < -0.4 is 10.1 Å². The number of ether oxygens (including phenoxy) is 1. The first-order valence-electron chi connectivity index (χ1n) is 7.81. The normalized spacial score (nSPS) is 10.8. The number of benzene rings is 2. The molecule has 5 heteroatoms. The molecule has 1 N–H and O–H groups in total. The standard InChI is InChI=1S/C19H21F2NOS/c1-4-18(24)22-16-7-6-14(19(20)21)10-15(16)11-23-17-8-5-12(2)9-13(17)3/h5-10,19H,4,11H2,1-3H3,(H,22,24). The SMILES string of the molecule is CCC(=S)Nc1ccc(C(F)F)cc1COc1ccc(C)cc1C. The molecule has 0 spiro atoms. The molecule has 0 aromatic heterocycles. The van der Waals surface area contributed by atoms with E-state index < -0.39 is 6.43 Å². The van der Waals surface area contributed by atoms with E-state index in [4.69, 9.17) is 17.0 Å². The number of halogens is 2. The van der Waals surface area contributed by atoms with Crippen LogP contribution in [0.5, 0.6) is 5.75 Å². The van der Waals surface area contributed by atoms with E-state index in [9.17, 15) is 8.78 Å².